The van der Waals surface area contributed by atoms with E-state index in [2.05, 4.69) is 20.3 Å². The van der Waals surface area contributed by atoms with E-state index >= 15 is 0 Å². The van der Waals surface area contributed by atoms with E-state index in [1.807, 2.05) is 17.0 Å². The van der Waals surface area contributed by atoms with Crippen LogP contribution in [0.25, 0.3) is 11.0 Å². The summed E-state index contributed by atoms with van der Waals surface area (Å²) in [7, 11) is 0. The number of carbonyl (C=O) groups excluding carboxylic acids is 1. The van der Waals surface area contributed by atoms with Gasteiger partial charge in [-0.3, -0.25) is 9.69 Å². The van der Waals surface area contributed by atoms with Gasteiger partial charge in [-0.1, -0.05) is 11.6 Å². The molecule has 0 unspecified atom stereocenters. The molecule has 1 saturated heterocycles. The average molecular weight is 454 g/mol. The summed E-state index contributed by atoms with van der Waals surface area (Å²) in [5, 5.41) is 22.6. The minimum atomic E-state index is -1.37. The summed E-state index contributed by atoms with van der Waals surface area (Å²) in [6.07, 6.45) is 2.37. The number of nitrogens with one attached hydrogen (secondary N) is 2. The van der Waals surface area contributed by atoms with E-state index in [0.717, 1.165) is 11.2 Å². The predicted molar refractivity (Wildman–Crippen MR) is 119 cm³/mol. The summed E-state index contributed by atoms with van der Waals surface area (Å²) < 4.78 is 0. The number of halogens is 1. The number of carboxylic acid groups (broad SMARTS) is 1. The van der Waals surface area contributed by atoms with Crippen LogP contribution in [0.5, 0.6) is 0 Å². The zero-order valence-corrected chi connectivity index (χ0v) is 17.7. The number of aromatic nitrogens is 3. The van der Waals surface area contributed by atoms with Crippen LogP contribution in [0.4, 0.5) is 16.3 Å². The van der Waals surface area contributed by atoms with Gasteiger partial charge in [0.05, 0.1) is 11.5 Å². The average Bonchev–Trinajstić information content (AvgIpc) is 3.27. The first-order valence-electron chi connectivity index (χ1n) is 9.92. The molecule has 0 atom stereocenters. The van der Waals surface area contributed by atoms with E-state index in [-0.39, 0.29) is 19.4 Å². The molecule has 2 aromatic heterocycles. The Morgan fingerprint density at radius 3 is 2.62 bits per heavy atom. The first kappa shape index (κ1) is 21.4. The van der Waals surface area contributed by atoms with Crippen LogP contribution in [-0.4, -0.2) is 57.2 Å². The summed E-state index contributed by atoms with van der Waals surface area (Å²) in [5.74, 6) is 0.247. The highest BCUT2D eigenvalue weighted by molar-refractivity contribution is 6.30. The van der Waals surface area contributed by atoms with Gasteiger partial charge in [-0.15, -0.1) is 0 Å². The van der Waals surface area contributed by atoms with E-state index in [9.17, 15) is 20.0 Å². The Kier molecular flexibility index (Phi) is 5.83. The van der Waals surface area contributed by atoms with Crippen molar-refractivity contribution in [1.29, 1.82) is 5.26 Å². The van der Waals surface area contributed by atoms with Gasteiger partial charge in [-0.2, -0.15) is 5.26 Å². The van der Waals surface area contributed by atoms with Crippen LogP contribution in [0.3, 0.4) is 0 Å². The van der Waals surface area contributed by atoms with E-state index in [4.69, 9.17) is 11.6 Å². The molecule has 2 amide bonds. The van der Waals surface area contributed by atoms with Crippen LogP contribution in [0.15, 0.2) is 42.9 Å². The Morgan fingerprint density at radius 1 is 1.25 bits per heavy atom. The summed E-state index contributed by atoms with van der Waals surface area (Å²) in [4.78, 5) is 40.2. The Morgan fingerprint density at radius 2 is 1.97 bits per heavy atom. The second-order valence-corrected chi connectivity index (χ2v) is 7.90. The Balaban J connectivity index is 1.62. The van der Waals surface area contributed by atoms with Crippen molar-refractivity contribution in [2.24, 2.45) is 0 Å². The second-order valence-electron chi connectivity index (χ2n) is 7.46. The van der Waals surface area contributed by atoms with Crippen molar-refractivity contribution in [2.75, 3.05) is 29.4 Å². The highest BCUT2D eigenvalue weighted by Gasteiger charge is 2.46. The highest BCUT2D eigenvalue weighted by atomic mass is 35.5. The number of hydrogen-bond acceptors (Lipinski definition) is 6. The number of benzene rings is 1. The van der Waals surface area contributed by atoms with Crippen molar-refractivity contribution in [3.8, 4) is 6.07 Å². The number of carbonyl (C=O) groups is 2. The van der Waals surface area contributed by atoms with E-state index < -0.39 is 17.5 Å². The smallest absolute Gasteiger partial charge is 0.405 e. The number of amides is 2. The minimum Gasteiger partial charge on any atom is -0.465 e. The van der Waals surface area contributed by atoms with Crippen molar-refractivity contribution in [3.05, 3.63) is 47.9 Å². The number of aromatic amines is 1. The van der Waals surface area contributed by atoms with E-state index in [1.54, 1.807) is 30.5 Å². The molecule has 0 spiro atoms. The van der Waals surface area contributed by atoms with Gasteiger partial charge in [0.2, 0.25) is 0 Å². The maximum atomic E-state index is 13.6. The molecule has 1 aromatic carbocycles. The number of nitriles is 1. The summed E-state index contributed by atoms with van der Waals surface area (Å²) in [5.41, 5.74) is -0.197. The number of H-pyrrole nitrogens is 1. The first-order valence-corrected chi connectivity index (χ1v) is 10.3. The van der Waals surface area contributed by atoms with Gasteiger partial charge < -0.3 is 20.3 Å². The molecular weight excluding hydrogens is 434 g/mol. The van der Waals surface area contributed by atoms with Crippen molar-refractivity contribution < 1.29 is 14.7 Å². The lowest BCUT2D eigenvalue weighted by molar-refractivity contribution is -0.125. The zero-order valence-electron chi connectivity index (χ0n) is 17.0. The van der Waals surface area contributed by atoms with Crippen LogP contribution in [0.1, 0.15) is 12.8 Å². The molecular formula is C21H20ClN7O3. The van der Waals surface area contributed by atoms with Crippen molar-refractivity contribution in [3.63, 3.8) is 0 Å². The van der Waals surface area contributed by atoms with E-state index in [0.29, 0.717) is 29.4 Å². The molecule has 10 nitrogen and oxygen atoms in total. The normalized spacial score (nSPS) is 15.2. The van der Waals surface area contributed by atoms with Crippen LogP contribution in [0.2, 0.25) is 5.02 Å². The van der Waals surface area contributed by atoms with Crippen molar-refractivity contribution >= 4 is 46.1 Å². The molecule has 4 rings (SSSR count). The number of hydrogen-bond donors (Lipinski definition) is 3. The van der Waals surface area contributed by atoms with Gasteiger partial charge in [0.1, 0.15) is 29.9 Å². The van der Waals surface area contributed by atoms with Crippen LogP contribution < -0.4 is 15.1 Å². The SMILES string of the molecule is N#CCN(C(=O)C1(NC(=O)O)CCN(c2ncnc3[nH]ccc23)CC1)c1ccc(Cl)cc1. The maximum Gasteiger partial charge on any atom is 0.405 e. The van der Waals surface area contributed by atoms with Gasteiger partial charge in [0.25, 0.3) is 5.91 Å². The van der Waals surface area contributed by atoms with Gasteiger partial charge in [0, 0.05) is 30.0 Å². The lowest BCUT2D eigenvalue weighted by Gasteiger charge is -2.42. The third-order valence-corrected chi connectivity index (χ3v) is 5.87. The lowest BCUT2D eigenvalue weighted by atomic mass is 9.85. The molecule has 1 aliphatic rings. The second kappa shape index (κ2) is 8.72. The maximum absolute atomic E-state index is 13.6. The Labute approximate surface area is 188 Å². The molecule has 164 valence electrons. The van der Waals surface area contributed by atoms with E-state index in [1.165, 1.54) is 11.2 Å². The van der Waals surface area contributed by atoms with Crippen LogP contribution in [0, 0.1) is 11.3 Å². The molecule has 1 fully saturated rings. The summed E-state index contributed by atoms with van der Waals surface area (Å²) in [6, 6.07) is 10.4. The number of rotatable bonds is 5. The quantitative estimate of drug-likeness (QED) is 0.505. The largest absolute Gasteiger partial charge is 0.465 e. The monoisotopic (exact) mass is 453 g/mol. The molecule has 3 N–H and O–H groups in total. The highest BCUT2D eigenvalue weighted by Crippen LogP contribution is 2.32. The van der Waals surface area contributed by atoms with Crippen LogP contribution in [-0.2, 0) is 4.79 Å². The lowest BCUT2D eigenvalue weighted by Crippen LogP contribution is -2.64. The summed E-state index contributed by atoms with van der Waals surface area (Å²) >= 11 is 5.95. The fourth-order valence-corrected chi connectivity index (χ4v) is 4.16. The molecule has 0 bridgehead atoms. The molecule has 11 heteroatoms. The van der Waals surface area contributed by atoms with Gasteiger partial charge >= 0.3 is 6.09 Å². The third-order valence-electron chi connectivity index (χ3n) is 5.62. The molecule has 3 heterocycles. The van der Waals surface area contributed by atoms with Gasteiger partial charge in [0.15, 0.2) is 0 Å². The molecule has 32 heavy (non-hydrogen) atoms. The number of nitrogens with zero attached hydrogens (tertiary/aromatic N) is 5. The standard InChI is InChI=1S/C21H20ClN7O3/c22-14-1-3-15(4-2-14)29(12-8-23)19(30)21(27-20(31)32)6-10-28(11-7-21)18-16-5-9-24-17(16)25-13-26-18/h1-5,9,13,27H,6-7,10-12H2,(H,31,32)(H,24,25,26). The molecule has 0 aliphatic carbocycles. The zero-order chi connectivity index (χ0) is 22.7. The van der Waals surface area contributed by atoms with Crippen LogP contribution >= 0.6 is 11.6 Å². The summed E-state index contributed by atoms with van der Waals surface area (Å²) in [6.45, 7) is 0.567. The number of piperidine rings is 1. The molecule has 0 saturated carbocycles. The Hall–Kier alpha value is -3.84. The fraction of sp³-hybridized carbons (Fsp3) is 0.286. The first-order chi connectivity index (χ1) is 15.4. The third kappa shape index (κ3) is 4.02. The topological polar surface area (TPSA) is 138 Å². The molecule has 1 aliphatic heterocycles. The molecule has 0 radical (unpaired) electrons. The van der Waals surface area contributed by atoms with Gasteiger partial charge in [-0.25, -0.2) is 14.8 Å². The number of anilines is 2. The van der Waals surface area contributed by atoms with Crippen molar-refractivity contribution in [2.45, 2.75) is 18.4 Å². The molecule has 3 aromatic rings. The predicted octanol–water partition coefficient (Wildman–Crippen LogP) is 2.77. The Bertz CT molecular complexity index is 1180. The van der Waals surface area contributed by atoms with Gasteiger partial charge in [-0.05, 0) is 43.2 Å². The number of fused-ring (bicyclic) bond motifs is 1. The fourth-order valence-electron chi connectivity index (χ4n) is 4.04. The minimum absolute atomic E-state index is 0.212. The van der Waals surface area contributed by atoms with Crippen molar-refractivity contribution in [1.82, 2.24) is 20.3 Å².